The number of carbonyl (C=O) groups is 4. The van der Waals surface area contributed by atoms with Crippen LogP contribution in [0.2, 0.25) is 0 Å². The van der Waals surface area contributed by atoms with Gasteiger partial charge in [0.15, 0.2) is 5.58 Å². The maximum absolute atomic E-state index is 14.8. The molecular weight excluding hydrogens is 791 g/mol. The summed E-state index contributed by atoms with van der Waals surface area (Å²) in [7, 11) is -2.27. The van der Waals surface area contributed by atoms with Crippen LogP contribution < -0.4 is 20.1 Å². The zero-order valence-electron chi connectivity index (χ0n) is 35.3. The zero-order valence-corrected chi connectivity index (χ0v) is 36.1. The highest BCUT2D eigenvalue weighted by Gasteiger charge is 2.64. The number of aromatic nitrogens is 1. The van der Waals surface area contributed by atoms with Crippen LogP contribution in [-0.4, -0.2) is 90.3 Å². The van der Waals surface area contributed by atoms with Crippen molar-refractivity contribution in [1.82, 2.24) is 25.2 Å². The van der Waals surface area contributed by atoms with Gasteiger partial charge in [-0.05, 0) is 70.4 Å². The molecule has 324 valence electrons. The first-order valence-electron chi connectivity index (χ1n) is 21.4. The van der Waals surface area contributed by atoms with E-state index in [1.54, 1.807) is 27.9 Å². The summed E-state index contributed by atoms with van der Waals surface area (Å²) in [6, 6.07) is 5.48. The maximum Gasteiger partial charge on any atom is 0.408 e. The van der Waals surface area contributed by atoms with E-state index in [4.69, 9.17) is 23.6 Å². The summed E-state index contributed by atoms with van der Waals surface area (Å²) < 4.78 is 52.8. The van der Waals surface area contributed by atoms with Crippen molar-refractivity contribution in [2.75, 3.05) is 13.7 Å². The molecule has 2 aliphatic heterocycles. The van der Waals surface area contributed by atoms with Gasteiger partial charge in [0.05, 0.1) is 24.7 Å². The lowest BCUT2D eigenvalue weighted by atomic mass is 9.93. The third-order valence-corrected chi connectivity index (χ3v) is 14.6. The van der Waals surface area contributed by atoms with E-state index < -0.39 is 68.4 Å². The van der Waals surface area contributed by atoms with Crippen molar-refractivity contribution >= 4 is 61.8 Å². The number of allylic oxidation sites excluding steroid dienone is 1. The van der Waals surface area contributed by atoms with E-state index >= 15 is 0 Å². The van der Waals surface area contributed by atoms with Gasteiger partial charge in [0.2, 0.25) is 27.7 Å². The van der Waals surface area contributed by atoms with Crippen molar-refractivity contribution in [2.24, 2.45) is 11.8 Å². The second-order valence-corrected chi connectivity index (χ2v) is 20.5. The van der Waals surface area contributed by atoms with Crippen molar-refractivity contribution in [2.45, 2.75) is 146 Å². The zero-order chi connectivity index (χ0) is 42.7. The number of carbonyl (C=O) groups excluding carboxylic acids is 4. The standard InChI is InChI=1S/C44H57N5O10S/c1-24-13-9-7-8-10-16-33(45-42(53)59-43(3,4)5)40(51)49-23-27(21-34(49)38(50)47-44(22-32(24)44)41(52)48-60(54,55)28-17-18-28)57-39-30-15-12-11-14-29(30)37-35(46-39)31-20-26(56-6)19-25(2)36(31)58-37/h11-12,14-15,20,24-25,27-28,32-34H,7-10,13,16-19,21-23H2,1-6H3,(H,45,53)(H,47,50)(H,48,52). The van der Waals surface area contributed by atoms with Crippen LogP contribution in [0.25, 0.3) is 27.9 Å². The Morgan fingerprint density at radius 1 is 1.02 bits per heavy atom. The molecule has 2 aromatic heterocycles. The van der Waals surface area contributed by atoms with E-state index in [0.717, 1.165) is 48.2 Å². The molecule has 4 amide bonds. The van der Waals surface area contributed by atoms with Gasteiger partial charge in [-0.15, -0.1) is 0 Å². The minimum absolute atomic E-state index is 0.0181. The van der Waals surface area contributed by atoms with Crippen LogP contribution in [0.4, 0.5) is 4.79 Å². The molecule has 0 bridgehead atoms. The Labute approximate surface area is 350 Å². The monoisotopic (exact) mass is 847 g/mol. The number of methoxy groups -OCH3 is 1. The van der Waals surface area contributed by atoms with Gasteiger partial charge in [0.25, 0.3) is 5.91 Å². The van der Waals surface area contributed by atoms with Crippen LogP contribution in [0.5, 0.6) is 5.88 Å². The Morgan fingerprint density at radius 3 is 2.43 bits per heavy atom. The predicted molar refractivity (Wildman–Crippen MR) is 223 cm³/mol. The number of ether oxygens (including phenoxy) is 3. The molecule has 60 heavy (non-hydrogen) atoms. The van der Waals surface area contributed by atoms with Crippen LogP contribution in [0, 0.1) is 11.8 Å². The molecule has 3 aromatic rings. The molecule has 2 saturated carbocycles. The van der Waals surface area contributed by atoms with Crippen molar-refractivity contribution in [3.05, 3.63) is 41.3 Å². The smallest absolute Gasteiger partial charge is 0.408 e. The average Bonchev–Trinajstić information content (AvgIpc) is 4.10. The molecule has 4 heterocycles. The van der Waals surface area contributed by atoms with Crippen LogP contribution in [0.1, 0.15) is 122 Å². The Balaban J connectivity index is 1.15. The second-order valence-electron chi connectivity index (χ2n) is 18.5. The summed E-state index contributed by atoms with van der Waals surface area (Å²) in [6.45, 7) is 9.30. The van der Waals surface area contributed by atoms with Crippen molar-refractivity contribution in [1.29, 1.82) is 0 Å². The van der Waals surface area contributed by atoms with Gasteiger partial charge in [0.1, 0.15) is 40.6 Å². The van der Waals surface area contributed by atoms with E-state index in [2.05, 4.69) is 22.3 Å². The molecule has 3 N–H and O–H groups in total. The average molecular weight is 848 g/mol. The van der Waals surface area contributed by atoms with E-state index in [1.807, 2.05) is 37.3 Å². The van der Waals surface area contributed by atoms with Gasteiger partial charge in [-0.25, -0.2) is 18.2 Å². The molecule has 0 spiro atoms. The minimum atomic E-state index is -3.90. The fourth-order valence-electron chi connectivity index (χ4n) is 9.36. The maximum atomic E-state index is 14.8. The van der Waals surface area contributed by atoms with Crippen LogP contribution in [-0.2, 0) is 33.9 Å². The first-order chi connectivity index (χ1) is 28.5. The molecule has 0 radical (unpaired) electrons. The van der Waals surface area contributed by atoms with Gasteiger partial charge >= 0.3 is 6.09 Å². The fraction of sp³-hybridized carbons (Fsp3) is 0.614. The highest BCUT2D eigenvalue weighted by atomic mass is 32.2. The summed E-state index contributed by atoms with van der Waals surface area (Å²) in [5.41, 5.74) is -0.248. The number of amides is 4. The van der Waals surface area contributed by atoms with Gasteiger partial charge in [0, 0.05) is 35.1 Å². The lowest BCUT2D eigenvalue weighted by Crippen LogP contribution is -2.58. The minimum Gasteiger partial charge on any atom is -0.501 e. The van der Waals surface area contributed by atoms with Crippen LogP contribution in [0.15, 0.2) is 34.4 Å². The number of sulfonamides is 1. The van der Waals surface area contributed by atoms with Crippen molar-refractivity contribution in [3.63, 3.8) is 0 Å². The predicted octanol–water partition coefficient (Wildman–Crippen LogP) is 6.19. The lowest BCUT2D eigenvalue weighted by Gasteiger charge is -2.30. The summed E-state index contributed by atoms with van der Waals surface area (Å²) in [5.74, 6) is -0.151. The number of benzene rings is 1. The number of pyridine rings is 1. The molecular formula is C44H57N5O10S. The SMILES string of the molecule is COC1=Cc2c(oc3c2nc(OC2CC4C(=O)NC5(C(=O)NS(=O)(=O)C6CC6)CC5C(C)CCCCCCC(NC(=O)OC(C)(C)C)C(=O)N4C2)c2ccccc23)C(C)C1. The van der Waals surface area contributed by atoms with Crippen molar-refractivity contribution < 1.29 is 46.2 Å². The highest BCUT2D eigenvalue weighted by molar-refractivity contribution is 7.91. The van der Waals surface area contributed by atoms with Gasteiger partial charge in [-0.1, -0.05) is 64.2 Å². The van der Waals surface area contributed by atoms with Crippen molar-refractivity contribution in [3.8, 4) is 5.88 Å². The summed E-state index contributed by atoms with van der Waals surface area (Å²) in [5, 5.41) is 6.63. The second kappa shape index (κ2) is 15.9. The lowest BCUT2D eigenvalue weighted by molar-refractivity contribution is -0.141. The first-order valence-corrected chi connectivity index (χ1v) is 23.0. The summed E-state index contributed by atoms with van der Waals surface area (Å²) in [6.07, 6.45) is 6.66. The Kier molecular flexibility index (Phi) is 11.1. The van der Waals surface area contributed by atoms with E-state index in [1.165, 1.54) is 4.90 Å². The quantitative estimate of drug-likeness (QED) is 0.245. The molecule has 16 heteroatoms. The van der Waals surface area contributed by atoms with Gasteiger partial charge in [-0.3, -0.25) is 19.1 Å². The van der Waals surface area contributed by atoms with Crippen LogP contribution in [0.3, 0.4) is 0 Å². The fourth-order valence-corrected chi connectivity index (χ4v) is 10.7. The van der Waals surface area contributed by atoms with Gasteiger partial charge < -0.3 is 34.2 Å². The van der Waals surface area contributed by atoms with Crippen LogP contribution >= 0.6 is 0 Å². The Morgan fingerprint density at radius 2 is 1.73 bits per heavy atom. The molecule has 7 unspecified atom stereocenters. The summed E-state index contributed by atoms with van der Waals surface area (Å²) >= 11 is 0. The number of nitrogens with one attached hydrogen (secondary N) is 3. The molecule has 2 saturated heterocycles. The number of hydrogen-bond donors (Lipinski definition) is 3. The Hall–Kier alpha value is -4.86. The van der Waals surface area contributed by atoms with Gasteiger partial charge in [-0.2, -0.15) is 0 Å². The normalized spacial score (nSPS) is 28.9. The third-order valence-electron chi connectivity index (χ3n) is 12.8. The van der Waals surface area contributed by atoms with E-state index in [0.29, 0.717) is 54.5 Å². The molecule has 8 rings (SSSR count). The number of alkyl carbamates (subject to hydrolysis) is 1. The van der Waals surface area contributed by atoms with E-state index in [9.17, 15) is 27.6 Å². The topological polar surface area (TPSA) is 195 Å². The number of furan rings is 1. The molecule has 7 atom stereocenters. The largest absolute Gasteiger partial charge is 0.501 e. The first kappa shape index (κ1) is 41.9. The molecule has 15 nitrogen and oxygen atoms in total. The number of fused-ring (bicyclic) bond motifs is 7. The Bertz CT molecular complexity index is 2350. The highest BCUT2D eigenvalue weighted by Crippen LogP contribution is 2.51. The molecule has 4 fully saturated rings. The molecule has 1 aromatic carbocycles. The molecule has 3 aliphatic carbocycles. The van der Waals surface area contributed by atoms with E-state index in [-0.39, 0.29) is 37.1 Å². The summed E-state index contributed by atoms with van der Waals surface area (Å²) in [4.78, 5) is 63.1. The number of rotatable bonds is 7. The number of nitrogens with zero attached hydrogens (tertiary/aromatic N) is 2. The third kappa shape index (κ3) is 8.27. The molecule has 5 aliphatic rings. The number of hydrogen-bond acceptors (Lipinski definition) is 11.